The van der Waals surface area contributed by atoms with Gasteiger partial charge in [0.1, 0.15) is 0 Å². The zero-order valence-corrected chi connectivity index (χ0v) is 21.8. The van der Waals surface area contributed by atoms with Crippen molar-refractivity contribution in [2.75, 3.05) is 24.2 Å². The van der Waals surface area contributed by atoms with Crippen LogP contribution in [0.25, 0.3) is 0 Å². The molecule has 0 spiro atoms. The van der Waals surface area contributed by atoms with Crippen molar-refractivity contribution in [3.05, 3.63) is 41.6 Å². The van der Waals surface area contributed by atoms with Crippen LogP contribution in [0.1, 0.15) is 63.5 Å². The van der Waals surface area contributed by atoms with E-state index in [2.05, 4.69) is 55.3 Å². The van der Waals surface area contributed by atoms with Crippen molar-refractivity contribution in [1.82, 2.24) is 9.88 Å². The number of urea groups is 1. The summed E-state index contributed by atoms with van der Waals surface area (Å²) in [5.41, 5.74) is 2.44. The minimum Gasteiger partial charge on any atom is -0.481 e. The standard InChI is InChI=1S/C25H35N3O4S2/c1-17(2)20-8-6-19(7-9-20)15-32-13-12-28(21-10-4-18(3)5-11-21)25(31)27-24-26-14-23(34-24)33-16-22(29)30/h6-9,14,17-18,21H,4-5,10-13,15-16H2,1-3H3,(H,29,30)(H,26,27,31). The Bertz CT molecular complexity index is 924. The lowest BCUT2D eigenvalue weighted by Gasteiger charge is -2.36. The number of hydrogen-bond acceptors (Lipinski definition) is 6. The molecule has 0 atom stereocenters. The summed E-state index contributed by atoms with van der Waals surface area (Å²) in [6, 6.07) is 8.50. The van der Waals surface area contributed by atoms with Gasteiger partial charge in [-0.2, -0.15) is 0 Å². The highest BCUT2D eigenvalue weighted by Gasteiger charge is 2.28. The number of carboxylic acid groups (broad SMARTS) is 1. The smallest absolute Gasteiger partial charge is 0.323 e. The van der Waals surface area contributed by atoms with Crippen LogP contribution in [-0.2, 0) is 16.1 Å². The number of carbonyl (C=O) groups is 2. The second kappa shape index (κ2) is 13.1. The highest BCUT2D eigenvalue weighted by atomic mass is 32.2. The third kappa shape index (κ3) is 8.29. The maximum atomic E-state index is 13.2. The lowest BCUT2D eigenvalue weighted by Crippen LogP contribution is -2.46. The molecule has 2 N–H and O–H groups in total. The van der Waals surface area contributed by atoms with E-state index in [1.165, 1.54) is 28.7 Å². The Morgan fingerprint density at radius 3 is 2.59 bits per heavy atom. The fourth-order valence-corrected chi connectivity index (χ4v) is 5.62. The van der Waals surface area contributed by atoms with Gasteiger partial charge in [0.25, 0.3) is 0 Å². The highest BCUT2D eigenvalue weighted by molar-refractivity contribution is 8.01. The average Bonchev–Trinajstić information content (AvgIpc) is 3.26. The van der Waals surface area contributed by atoms with E-state index in [1.54, 1.807) is 6.20 Å². The van der Waals surface area contributed by atoms with Crippen molar-refractivity contribution in [3.63, 3.8) is 0 Å². The van der Waals surface area contributed by atoms with Crippen molar-refractivity contribution in [2.45, 2.75) is 69.2 Å². The number of aromatic nitrogens is 1. The number of benzene rings is 1. The number of aliphatic carboxylic acids is 1. The van der Waals surface area contributed by atoms with Gasteiger partial charge in [-0.05, 0) is 48.6 Å². The third-order valence-electron chi connectivity index (χ3n) is 6.11. The van der Waals surface area contributed by atoms with Crippen molar-refractivity contribution in [3.8, 4) is 0 Å². The van der Waals surface area contributed by atoms with E-state index in [1.807, 2.05) is 4.90 Å². The summed E-state index contributed by atoms with van der Waals surface area (Å²) in [6.07, 6.45) is 5.81. The number of carboxylic acids is 1. The minimum atomic E-state index is -0.877. The number of amides is 2. The molecule has 0 bridgehead atoms. The molecule has 186 valence electrons. The summed E-state index contributed by atoms with van der Waals surface area (Å²) in [6.45, 7) is 8.12. The van der Waals surface area contributed by atoms with E-state index >= 15 is 0 Å². The largest absolute Gasteiger partial charge is 0.481 e. The van der Waals surface area contributed by atoms with Crippen LogP contribution in [0.4, 0.5) is 9.93 Å². The fourth-order valence-electron chi connectivity index (χ4n) is 4.04. The molecular formula is C25H35N3O4S2. The van der Waals surface area contributed by atoms with Crippen molar-refractivity contribution < 1.29 is 19.4 Å². The van der Waals surface area contributed by atoms with Gasteiger partial charge in [-0.3, -0.25) is 10.1 Å². The van der Waals surface area contributed by atoms with Gasteiger partial charge in [0, 0.05) is 12.6 Å². The predicted octanol–water partition coefficient (Wildman–Crippen LogP) is 6.07. The van der Waals surface area contributed by atoms with Crippen LogP contribution in [0.15, 0.2) is 34.7 Å². The molecule has 1 aromatic heterocycles. The number of anilines is 1. The Morgan fingerprint density at radius 2 is 1.94 bits per heavy atom. The monoisotopic (exact) mass is 505 g/mol. The minimum absolute atomic E-state index is 0.0283. The molecule has 0 saturated heterocycles. The summed E-state index contributed by atoms with van der Waals surface area (Å²) in [4.78, 5) is 30.1. The molecule has 1 fully saturated rings. The Hall–Kier alpha value is -2.10. The topological polar surface area (TPSA) is 91.8 Å². The number of rotatable bonds is 11. The van der Waals surface area contributed by atoms with Gasteiger partial charge in [-0.25, -0.2) is 9.78 Å². The number of thiazole rings is 1. The first-order chi connectivity index (χ1) is 16.3. The van der Waals surface area contributed by atoms with E-state index in [-0.39, 0.29) is 17.8 Å². The van der Waals surface area contributed by atoms with Crippen LogP contribution in [0.3, 0.4) is 0 Å². The zero-order chi connectivity index (χ0) is 24.5. The third-order valence-corrected chi connectivity index (χ3v) is 8.21. The Morgan fingerprint density at radius 1 is 1.24 bits per heavy atom. The molecule has 0 aliphatic heterocycles. The molecular weight excluding hydrogens is 470 g/mol. The van der Waals surface area contributed by atoms with Gasteiger partial charge < -0.3 is 14.7 Å². The molecule has 1 aliphatic rings. The van der Waals surface area contributed by atoms with E-state index in [4.69, 9.17) is 9.84 Å². The van der Waals surface area contributed by atoms with Crippen molar-refractivity contribution >= 4 is 40.2 Å². The molecule has 1 heterocycles. The van der Waals surface area contributed by atoms with Crippen LogP contribution in [-0.4, -0.2) is 51.9 Å². The Kier molecular flexibility index (Phi) is 10.2. The lowest BCUT2D eigenvalue weighted by molar-refractivity contribution is -0.133. The molecule has 0 radical (unpaired) electrons. The van der Waals surface area contributed by atoms with Crippen molar-refractivity contribution in [1.29, 1.82) is 0 Å². The first-order valence-electron chi connectivity index (χ1n) is 11.9. The molecule has 0 unspecified atom stereocenters. The molecule has 2 aromatic rings. The molecule has 1 aromatic carbocycles. The SMILES string of the molecule is CC1CCC(N(CCOCc2ccc(C(C)C)cc2)C(=O)Nc2ncc(SCC(=O)O)s2)CC1. The molecule has 3 rings (SSSR count). The number of nitrogens with zero attached hydrogens (tertiary/aromatic N) is 2. The van der Waals surface area contributed by atoms with Crippen LogP contribution in [0, 0.1) is 5.92 Å². The molecule has 9 heteroatoms. The van der Waals surface area contributed by atoms with Gasteiger partial charge in [0.05, 0.1) is 29.4 Å². The van der Waals surface area contributed by atoms with E-state index in [0.717, 1.165) is 35.5 Å². The second-order valence-corrected chi connectivity index (χ2v) is 11.5. The Balaban J connectivity index is 1.55. The molecule has 1 aliphatic carbocycles. The molecule has 34 heavy (non-hydrogen) atoms. The summed E-state index contributed by atoms with van der Waals surface area (Å²) in [7, 11) is 0. The lowest BCUT2D eigenvalue weighted by atomic mass is 9.86. The number of carbonyl (C=O) groups excluding carboxylic acids is 1. The van der Waals surface area contributed by atoms with E-state index < -0.39 is 5.97 Å². The van der Waals surface area contributed by atoms with E-state index in [9.17, 15) is 9.59 Å². The zero-order valence-electron chi connectivity index (χ0n) is 20.2. The van der Waals surface area contributed by atoms with Gasteiger partial charge in [0.2, 0.25) is 0 Å². The number of nitrogens with one attached hydrogen (secondary N) is 1. The molecule has 2 amide bonds. The summed E-state index contributed by atoms with van der Waals surface area (Å²) in [5, 5.41) is 12.2. The summed E-state index contributed by atoms with van der Waals surface area (Å²) >= 11 is 2.50. The summed E-state index contributed by atoms with van der Waals surface area (Å²) in [5.74, 6) is 0.293. The normalized spacial score (nSPS) is 18.1. The van der Waals surface area contributed by atoms with Crippen LogP contribution < -0.4 is 5.32 Å². The number of thioether (sulfide) groups is 1. The fraction of sp³-hybridized carbons (Fsp3) is 0.560. The van der Waals surface area contributed by atoms with E-state index in [0.29, 0.717) is 36.7 Å². The van der Waals surface area contributed by atoms with Crippen molar-refractivity contribution in [2.24, 2.45) is 5.92 Å². The Labute approximate surface area is 210 Å². The van der Waals surface area contributed by atoms with Crippen LogP contribution in [0.5, 0.6) is 0 Å². The second-order valence-electron chi connectivity index (χ2n) is 9.15. The maximum Gasteiger partial charge on any atom is 0.323 e. The first kappa shape index (κ1) is 26.5. The molecule has 1 saturated carbocycles. The van der Waals surface area contributed by atoms with Gasteiger partial charge in [0.15, 0.2) is 5.13 Å². The quantitative estimate of drug-likeness (QED) is 0.284. The van der Waals surface area contributed by atoms with Crippen LogP contribution in [0.2, 0.25) is 0 Å². The van der Waals surface area contributed by atoms with Crippen LogP contribution >= 0.6 is 23.1 Å². The highest BCUT2D eigenvalue weighted by Crippen LogP contribution is 2.30. The summed E-state index contributed by atoms with van der Waals surface area (Å²) < 4.78 is 6.69. The first-order valence-corrected chi connectivity index (χ1v) is 13.7. The number of hydrogen-bond donors (Lipinski definition) is 2. The molecule has 7 nitrogen and oxygen atoms in total. The predicted molar refractivity (Wildman–Crippen MR) is 138 cm³/mol. The average molecular weight is 506 g/mol. The van der Waals surface area contributed by atoms with Gasteiger partial charge >= 0.3 is 12.0 Å². The number of ether oxygens (including phenoxy) is 1. The van der Waals surface area contributed by atoms with Gasteiger partial charge in [-0.1, -0.05) is 56.4 Å². The maximum absolute atomic E-state index is 13.2. The van der Waals surface area contributed by atoms with Gasteiger partial charge in [-0.15, -0.1) is 11.8 Å².